The van der Waals surface area contributed by atoms with Gasteiger partial charge in [-0.05, 0) is 31.2 Å². The fraction of sp³-hybridized carbons (Fsp3) is 0.118. The van der Waals surface area contributed by atoms with Crippen LogP contribution in [-0.2, 0) is 4.79 Å². The molecule has 0 bridgehead atoms. The molecule has 1 atom stereocenters. The van der Waals surface area contributed by atoms with Crippen LogP contribution in [0.2, 0.25) is 5.02 Å². The average molecular weight is 343 g/mol. The maximum Gasteiger partial charge on any atom is 0.266 e. The number of anilines is 1. The summed E-state index contributed by atoms with van der Waals surface area (Å²) < 4.78 is 7.18. The molecule has 3 rings (SSSR count). The molecule has 0 aliphatic rings. The van der Waals surface area contributed by atoms with E-state index >= 15 is 0 Å². The zero-order valence-electron chi connectivity index (χ0n) is 12.9. The SMILES string of the molecule is CC(Oc1nn(-c2ccccc2)cc1Cl)C(=O)Nc1ccccn1. The van der Waals surface area contributed by atoms with Crippen molar-refractivity contribution in [2.24, 2.45) is 0 Å². The second-order valence-electron chi connectivity index (χ2n) is 5.03. The van der Waals surface area contributed by atoms with Crippen LogP contribution in [-0.4, -0.2) is 26.8 Å². The number of carbonyl (C=O) groups is 1. The summed E-state index contributed by atoms with van der Waals surface area (Å²) in [7, 11) is 0. The number of amides is 1. The molecule has 24 heavy (non-hydrogen) atoms. The Morgan fingerprint density at radius 3 is 2.67 bits per heavy atom. The van der Waals surface area contributed by atoms with Gasteiger partial charge in [-0.15, -0.1) is 5.10 Å². The van der Waals surface area contributed by atoms with E-state index in [0.717, 1.165) is 5.69 Å². The van der Waals surface area contributed by atoms with Gasteiger partial charge in [-0.3, -0.25) is 4.79 Å². The largest absolute Gasteiger partial charge is 0.462 e. The quantitative estimate of drug-likeness (QED) is 0.772. The van der Waals surface area contributed by atoms with Gasteiger partial charge in [0.15, 0.2) is 6.10 Å². The molecule has 1 aromatic carbocycles. The number of nitrogens with one attached hydrogen (secondary N) is 1. The van der Waals surface area contributed by atoms with Crippen LogP contribution >= 0.6 is 11.6 Å². The molecule has 2 heterocycles. The topological polar surface area (TPSA) is 69.0 Å². The van der Waals surface area contributed by atoms with Crippen LogP contribution in [0.5, 0.6) is 5.88 Å². The minimum Gasteiger partial charge on any atom is -0.462 e. The van der Waals surface area contributed by atoms with Gasteiger partial charge in [0.1, 0.15) is 10.8 Å². The van der Waals surface area contributed by atoms with Crippen LogP contribution in [0.15, 0.2) is 60.9 Å². The van der Waals surface area contributed by atoms with Crippen molar-refractivity contribution in [1.29, 1.82) is 0 Å². The second-order valence-corrected chi connectivity index (χ2v) is 5.43. The first kappa shape index (κ1) is 16.0. The van der Waals surface area contributed by atoms with E-state index in [1.807, 2.05) is 30.3 Å². The Bertz CT molecular complexity index is 821. The van der Waals surface area contributed by atoms with Gasteiger partial charge in [0.2, 0.25) is 0 Å². The van der Waals surface area contributed by atoms with Crippen LogP contribution in [0.25, 0.3) is 5.69 Å². The molecule has 0 spiro atoms. The summed E-state index contributed by atoms with van der Waals surface area (Å²) in [6.07, 6.45) is 2.46. The third-order valence-corrected chi connectivity index (χ3v) is 3.49. The fourth-order valence-electron chi connectivity index (χ4n) is 2.02. The number of benzene rings is 1. The van der Waals surface area contributed by atoms with E-state index in [2.05, 4.69) is 15.4 Å². The first-order chi connectivity index (χ1) is 11.6. The van der Waals surface area contributed by atoms with E-state index in [1.165, 1.54) is 0 Å². The van der Waals surface area contributed by atoms with Crippen LogP contribution in [0, 0.1) is 0 Å². The minimum atomic E-state index is -0.774. The number of aromatic nitrogens is 3. The molecular weight excluding hydrogens is 328 g/mol. The molecule has 0 radical (unpaired) electrons. The lowest BCUT2D eigenvalue weighted by atomic mass is 10.3. The van der Waals surface area contributed by atoms with Gasteiger partial charge in [0, 0.05) is 6.20 Å². The highest BCUT2D eigenvalue weighted by Crippen LogP contribution is 2.25. The number of ether oxygens (including phenoxy) is 1. The minimum absolute atomic E-state index is 0.198. The van der Waals surface area contributed by atoms with E-state index in [9.17, 15) is 4.79 Å². The maximum absolute atomic E-state index is 12.2. The van der Waals surface area contributed by atoms with Crippen molar-refractivity contribution >= 4 is 23.3 Å². The standard InChI is InChI=1S/C17H15ClN4O2/c1-12(16(23)20-15-9-5-6-10-19-15)24-17-14(18)11-22(21-17)13-7-3-2-4-8-13/h2-12H,1H3,(H,19,20,23). The summed E-state index contributed by atoms with van der Waals surface area (Å²) >= 11 is 6.15. The third kappa shape index (κ3) is 3.72. The monoisotopic (exact) mass is 342 g/mol. The molecule has 122 valence electrons. The van der Waals surface area contributed by atoms with Crippen molar-refractivity contribution in [3.63, 3.8) is 0 Å². The van der Waals surface area contributed by atoms with Crippen LogP contribution in [0.4, 0.5) is 5.82 Å². The number of hydrogen-bond donors (Lipinski definition) is 1. The number of rotatable bonds is 5. The first-order valence-corrected chi connectivity index (χ1v) is 7.70. The lowest BCUT2D eigenvalue weighted by molar-refractivity contribution is -0.122. The van der Waals surface area contributed by atoms with Crippen molar-refractivity contribution < 1.29 is 9.53 Å². The molecule has 3 aromatic rings. The van der Waals surface area contributed by atoms with Crippen LogP contribution in [0.1, 0.15) is 6.92 Å². The highest BCUT2D eigenvalue weighted by atomic mass is 35.5. The van der Waals surface area contributed by atoms with Gasteiger partial charge in [-0.1, -0.05) is 35.9 Å². The number of para-hydroxylation sites is 1. The van der Waals surface area contributed by atoms with Gasteiger partial charge in [0.05, 0.1) is 11.9 Å². The Balaban J connectivity index is 1.69. The maximum atomic E-state index is 12.2. The molecule has 7 heteroatoms. The smallest absolute Gasteiger partial charge is 0.266 e. The summed E-state index contributed by atoms with van der Waals surface area (Å²) in [6.45, 7) is 1.62. The molecule has 0 saturated heterocycles. The highest BCUT2D eigenvalue weighted by Gasteiger charge is 2.19. The van der Waals surface area contributed by atoms with E-state index in [0.29, 0.717) is 10.8 Å². The van der Waals surface area contributed by atoms with Crippen LogP contribution in [0.3, 0.4) is 0 Å². The summed E-state index contributed by atoms with van der Waals surface area (Å²) in [6, 6.07) is 14.7. The van der Waals surface area contributed by atoms with E-state index in [1.54, 1.807) is 42.2 Å². The summed E-state index contributed by atoms with van der Waals surface area (Å²) in [5.74, 6) is 0.321. The average Bonchev–Trinajstić information content (AvgIpc) is 2.97. The molecule has 0 saturated carbocycles. The van der Waals surface area contributed by atoms with Crippen molar-refractivity contribution in [2.45, 2.75) is 13.0 Å². The third-order valence-electron chi connectivity index (χ3n) is 3.23. The predicted molar refractivity (Wildman–Crippen MR) is 91.5 cm³/mol. The van der Waals surface area contributed by atoms with E-state index in [4.69, 9.17) is 16.3 Å². The number of halogens is 1. The van der Waals surface area contributed by atoms with E-state index in [-0.39, 0.29) is 11.8 Å². The van der Waals surface area contributed by atoms with Crippen molar-refractivity contribution in [1.82, 2.24) is 14.8 Å². The molecule has 2 aromatic heterocycles. The van der Waals surface area contributed by atoms with Gasteiger partial charge >= 0.3 is 0 Å². The number of carbonyl (C=O) groups excluding carboxylic acids is 1. The van der Waals surface area contributed by atoms with Gasteiger partial charge < -0.3 is 10.1 Å². The molecule has 1 N–H and O–H groups in total. The first-order valence-electron chi connectivity index (χ1n) is 7.32. The summed E-state index contributed by atoms with van der Waals surface area (Å²) in [5, 5.41) is 7.27. The fourth-order valence-corrected chi connectivity index (χ4v) is 2.19. The molecule has 0 aliphatic carbocycles. The Labute approximate surface area is 144 Å². The molecular formula is C17H15ClN4O2. The molecule has 1 unspecified atom stereocenters. The predicted octanol–water partition coefficient (Wildman–Crippen LogP) is 3.33. The number of nitrogens with zero attached hydrogens (tertiary/aromatic N) is 3. The lowest BCUT2D eigenvalue weighted by Crippen LogP contribution is -2.30. The van der Waals surface area contributed by atoms with Crippen molar-refractivity contribution in [3.05, 3.63) is 65.9 Å². The normalized spacial score (nSPS) is 11.8. The Morgan fingerprint density at radius 1 is 1.21 bits per heavy atom. The molecule has 0 fully saturated rings. The lowest BCUT2D eigenvalue weighted by Gasteiger charge is -2.12. The zero-order chi connectivity index (χ0) is 16.9. The second kappa shape index (κ2) is 7.14. The summed E-state index contributed by atoms with van der Waals surface area (Å²) in [4.78, 5) is 16.2. The Hall–Kier alpha value is -2.86. The number of hydrogen-bond acceptors (Lipinski definition) is 4. The molecule has 1 amide bonds. The number of pyridine rings is 1. The van der Waals surface area contributed by atoms with Crippen molar-refractivity contribution in [3.8, 4) is 11.6 Å². The van der Waals surface area contributed by atoms with Crippen molar-refractivity contribution in [2.75, 3.05) is 5.32 Å². The Kier molecular flexibility index (Phi) is 4.77. The van der Waals surface area contributed by atoms with Crippen LogP contribution < -0.4 is 10.1 Å². The van der Waals surface area contributed by atoms with Gasteiger partial charge in [-0.2, -0.15) is 0 Å². The Morgan fingerprint density at radius 2 is 1.96 bits per heavy atom. The zero-order valence-corrected chi connectivity index (χ0v) is 13.6. The highest BCUT2D eigenvalue weighted by molar-refractivity contribution is 6.31. The van der Waals surface area contributed by atoms with Gasteiger partial charge in [0.25, 0.3) is 11.8 Å². The molecule has 0 aliphatic heterocycles. The van der Waals surface area contributed by atoms with Gasteiger partial charge in [-0.25, -0.2) is 9.67 Å². The molecule has 6 nitrogen and oxygen atoms in total. The van der Waals surface area contributed by atoms with E-state index < -0.39 is 6.10 Å². The summed E-state index contributed by atoms with van der Waals surface area (Å²) in [5.41, 5.74) is 0.847.